The number of aromatic nitrogens is 1. The molecule has 2 rings (SSSR count). The average Bonchev–Trinajstić information content (AvgIpc) is 2.76. The van der Waals surface area contributed by atoms with Gasteiger partial charge in [0.15, 0.2) is 8.68 Å². The van der Waals surface area contributed by atoms with Gasteiger partial charge in [-0.05, 0) is 19.8 Å². The van der Waals surface area contributed by atoms with E-state index in [-0.39, 0.29) is 14.7 Å². The van der Waals surface area contributed by atoms with Gasteiger partial charge in [0.05, 0.1) is 5.69 Å². The molecule has 7 heteroatoms. The first kappa shape index (κ1) is 10.4. The molecule has 0 saturated heterocycles. The molecule has 1 aliphatic rings. The highest BCUT2D eigenvalue weighted by Gasteiger charge is 2.30. The highest BCUT2D eigenvalue weighted by Crippen LogP contribution is 2.29. The van der Waals surface area contributed by atoms with E-state index in [2.05, 4.69) is 9.71 Å². The topological polar surface area (TPSA) is 59.1 Å². The largest absolute Gasteiger partial charge is 0.252 e. The van der Waals surface area contributed by atoms with Gasteiger partial charge in [-0.25, -0.2) is 18.1 Å². The molecule has 0 atom stereocenters. The summed E-state index contributed by atoms with van der Waals surface area (Å²) in [7, 11) is -3.39. The molecule has 14 heavy (non-hydrogen) atoms. The minimum atomic E-state index is -3.39. The van der Waals surface area contributed by atoms with Crippen LogP contribution in [0, 0.1) is 6.92 Å². The quantitative estimate of drug-likeness (QED) is 0.888. The lowest BCUT2D eigenvalue weighted by Crippen LogP contribution is -2.25. The number of hydrogen-bond acceptors (Lipinski definition) is 4. The van der Waals surface area contributed by atoms with Crippen molar-refractivity contribution in [2.24, 2.45) is 0 Å². The van der Waals surface area contributed by atoms with Gasteiger partial charge in [0, 0.05) is 6.04 Å². The van der Waals surface area contributed by atoms with Crippen LogP contribution in [-0.4, -0.2) is 19.4 Å². The molecule has 1 aromatic rings. The Labute approximate surface area is 91.4 Å². The summed E-state index contributed by atoms with van der Waals surface area (Å²) in [5.74, 6) is 0. The van der Waals surface area contributed by atoms with Crippen LogP contribution in [0.5, 0.6) is 0 Å². The second-order valence-corrected chi connectivity index (χ2v) is 6.73. The van der Waals surface area contributed by atoms with Crippen molar-refractivity contribution >= 4 is 33.0 Å². The minimum Gasteiger partial charge on any atom is -0.229 e. The van der Waals surface area contributed by atoms with Crippen molar-refractivity contribution in [2.45, 2.75) is 30.0 Å². The van der Waals surface area contributed by atoms with Crippen LogP contribution in [0.1, 0.15) is 18.5 Å². The Bertz CT molecular complexity index is 450. The third kappa shape index (κ3) is 2.08. The van der Waals surface area contributed by atoms with E-state index >= 15 is 0 Å². The number of halogens is 1. The van der Waals surface area contributed by atoms with E-state index < -0.39 is 10.0 Å². The van der Waals surface area contributed by atoms with Crippen LogP contribution >= 0.6 is 22.9 Å². The number of thiazole rings is 1. The first-order valence-electron chi connectivity index (χ1n) is 4.14. The lowest BCUT2D eigenvalue weighted by Gasteiger charge is -2.01. The minimum absolute atomic E-state index is 0.111. The molecular formula is C7H9ClN2O2S2. The van der Waals surface area contributed by atoms with Crippen LogP contribution in [0.4, 0.5) is 0 Å². The summed E-state index contributed by atoms with van der Waals surface area (Å²) < 4.78 is 26.5. The van der Waals surface area contributed by atoms with Crippen molar-refractivity contribution in [1.29, 1.82) is 0 Å². The molecule has 1 fully saturated rings. The van der Waals surface area contributed by atoms with Gasteiger partial charge in [0.2, 0.25) is 0 Å². The molecule has 0 bridgehead atoms. The zero-order valence-corrected chi connectivity index (χ0v) is 9.84. The molecule has 0 amide bonds. The monoisotopic (exact) mass is 252 g/mol. The third-order valence-corrected chi connectivity index (χ3v) is 5.26. The smallest absolute Gasteiger partial charge is 0.229 e. The van der Waals surface area contributed by atoms with Crippen molar-refractivity contribution in [3.05, 3.63) is 10.2 Å². The standard InChI is InChI=1S/C7H9ClN2O2S2/c1-4-6(13-7(8)9-4)14(11,12)10-5-2-3-5/h5,10H,2-3H2,1H3. The summed E-state index contributed by atoms with van der Waals surface area (Å²) in [5.41, 5.74) is 0.466. The maximum Gasteiger partial charge on any atom is 0.252 e. The van der Waals surface area contributed by atoms with E-state index in [1.165, 1.54) is 0 Å². The Morgan fingerprint density at radius 3 is 2.64 bits per heavy atom. The molecule has 1 aromatic heterocycles. The Morgan fingerprint density at radius 1 is 1.57 bits per heavy atom. The van der Waals surface area contributed by atoms with Crippen molar-refractivity contribution in [2.75, 3.05) is 0 Å². The Hall–Kier alpha value is -0.170. The van der Waals surface area contributed by atoms with Gasteiger partial charge in [-0.15, -0.1) is 0 Å². The number of aryl methyl sites for hydroxylation is 1. The second kappa shape index (κ2) is 3.44. The molecule has 1 aliphatic carbocycles. The number of sulfonamides is 1. The summed E-state index contributed by atoms with van der Waals surface area (Å²) in [6.45, 7) is 1.64. The lowest BCUT2D eigenvalue weighted by molar-refractivity contribution is 0.582. The molecule has 0 unspecified atom stereocenters. The van der Waals surface area contributed by atoms with E-state index in [0.29, 0.717) is 5.69 Å². The Kier molecular flexibility index (Phi) is 2.55. The predicted molar refractivity (Wildman–Crippen MR) is 55.2 cm³/mol. The van der Waals surface area contributed by atoms with Gasteiger partial charge >= 0.3 is 0 Å². The first-order chi connectivity index (χ1) is 6.49. The average molecular weight is 253 g/mol. The van der Waals surface area contributed by atoms with Crippen LogP contribution in [0.2, 0.25) is 4.47 Å². The summed E-state index contributed by atoms with van der Waals surface area (Å²) in [5, 5.41) is 0. The lowest BCUT2D eigenvalue weighted by atomic mass is 10.6. The van der Waals surface area contributed by atoms with Gasteiger partial charge < -0.3 is 0 Å². The van der Waals surface area contributed by atoms with Crippen molar-refractivity contribution < 1.29 is 8.42 Å². The van der Waals surface area contributed by atoms with Crippen molar-refractivity contribution in [3.8, 4) is 0 Å². The highest BCUT2D eigenvalue weighted by atomic mass is 35.5. The molecule has 1 heterocycles. The summed E-state index contributed by atoms with van der Waals surface area (Å²) in [4.78, 5) is 3.87. The molecule has 0 aliphatic heterocycles. The van der Waals surface area contributed by atoms with Crippen LogP contribution < -0.4 is 4.72 Å². The maximum absolute atomic E-state index is 11.7. The van der Waals surface area contributed by atoms with E-state index in [9.17, 15) is 8.42 Å². The Balaban J connectivity index is 2.32. The fourth-order valence-electron chi connectivity index (χ4n) is 1.07. The molecule has 0 radical (unpaired) electrons. The highest BCUT2D eigenvalue weighted by molar-refractivity contribution is 7.91. The van der Waals surface area contributed by atoms with Crippen LogP contribution in [0.25, 0.3) is 0 Å². The molecular weight excluding hydrogens is 244 g/mol. The zero-order chi connectivity index (χ0) is 10.3. The number of hydrogen-bond donors (Lipinski definition) is 1. The Morgan fingerprint density at radius 2 is 2.21 bits per heavy atom. The fourth-order valence-corrected chi connectivity index (χ4v) is 4.13. The van der Waals surface area contributed by atoms with E-state index in [0.717, 1.165) is 24.2 Å². The maximum atomic E-state index is 11.7. The second-order valence-electron chi connectivity index (χ2n) is 3.24. The van der Waals surface area contributed by atoms with Crippen molar-refractivity contribution in [1.82, 2.24) is 9.71 Å². The van der Waals surface area contributed by atoms with E-state index in [1.54, 1.807) is 6.92 Å². The molecule has 4 nitrogen and oxygen atoms in total. The normalized spacial score (nSPS) is 17.3. The van der Waals surface area contributed by atoms with Gasteiger partial charge in [0.25, 0.3) is 10.0 Å². The van der Waals surface area contributed by atoms with Gasteiger partial charge in [0.1, 0.15) is 0 Å². The summed E-state index contributed by atoms with van der Waals surface area (Å²) >= 11 is 6.63. The number of nitrogens with zero attached hydrogens (tertiary/aromatic N) is 1. The fraction of sp³-hybridized carbons (Fsp3) is 0.571. The van der Waals surface area contributed by atoms with Crippen molar-refractivity contribution in [3.63, 3.8) is 0 Å². The van der Waals surface area contributed by atoms with Crippen LogP contribution in [-0.2, 0) is 10.0 Å². The first-order valence-corrected chi connectivity index (χ1v) is 6.82. The SMILES string of the molecule is Cc1nc(Cl)sc1S(=O)(=O)NC1CC1. The molecule has 0 aromatic carbocycles. The summed E-state index contributed by atoms with van der Waals surface area (Å²) in [6, 6.07) is 0.111. The van der Waals surface area contributed by atoms with Gasteiger partial charge in [-0.3, -0.25) is 0 Å². The molecule has 0 spiro atoms. The zero-order valence-electron chi connectivity index (χ0n) is 7.45. The van der Waals surface area contributed by atoms with E-state index in [4.69, 9.17) is 11.6 Å². The third-order valence-electron chi connectivity index (χ3n) is 1.87. The molecule has 78 valence electrons. The van der Waals surface area contributed by atoms with E-state index in [1.807, 2.05) is 0 Å². The van der Waals surface area contributed by atoms with Gasteiger partial charge in [-0.1, -0.05) is 22.9 Å². The van der Waals surface area contributed by atoms with Gasteiger partial charge in [-0.2, -0.15) is 0 Å². The molecule has 1 N–H and O–H groups in total. The van der Waals surface area contributed by atoms with Crippen LogP contribution in [0.3, 0.4) is 0 Å². The van der Waals surface area contributed by atoms with Crippen LogP contribution in [0.15, 0.2) is 4.21 Å². The number of nitrogens with one attached hydrogen (secondary N) is 1. The number of rotatable bonds is 3. The summed E-state index contributed by atoms with van der Waals surface area (Å²) in [6.07, 6.45) is 1.84. The predicted octanol–water partition coefficient (Wildman–Crippen LogP) is 1.55. The molecule has 1 saturated carbocycles.